The van der Waals surface area contributed by atoms with Crippen LogP contribution in [0.25, 0.3) is 11.2 Å². The van der Waals surface area contributed by atoms with E-state index in [0.717, 1.165) is 5.56 Å². The SMILES string of the molecule is Cc1ccc(Oc2nc3c(=O)[nH]c(N)nc3n2[C@H]2C[C@H](O)[C@@H](CO)O2)cc1. The van der Waals surface area contributed by atoms with Crippen LogP contribution in [-0.4, -0.2) is 48.5 Å². The monoisotopic (exact) mass is 373 g/mol. The number of nitrogens with one attached hydrogen (secondary N) is 1. The molecule has 1 aromatic carbocycles. The molecule has 1 fully saturated rings. The van der Waals surface area contributed by atoms with E-state index >= 15 is 0 Å². The second kappa shape index (κ2) is 6.65. The number of aryl methyl sites for hydroxylation is 1. The third-order valence-electron chi connectivity index (χ3n) is 4.44. The van der Waals surface area contributed by atoms with Gasteiger partial charge in [0.2, 0.25) is 5.95 Å². The molecule has 10 heteroatoms. The third kappa shape index (κ3) is 3.14. The molecule has 0 spiro atoms. The number of imidazole rings is 1. The number of nitrogen functional groups attached to an aromatic ring is 1. The fraction of sp³-hybridized carbons (Fsp3) is 0.353. The summed E-state index contributed by atoms with van der Waals surface area (Å²) in [5.74, 6) is 0.437. The maximum absolute atomic E-state index is 12.2. The van der Waals surface area contributed by atoms with Crippen LogP contribution >= 0.6 is 0 Å². The normalized spacial score (nSPS) is 22.4. The Labute approximate surface area is 153 Å². The van der Waals surface area contributed by atoms with E-state index in [-0.39, 0.29) is 36.2 Å². The summed E-state index contributed by atoms with van der Waals surface area (Å²) < 4.78 is 13.0. The van der Waals surface area contributed by atoms with Crippen LogP contribution in [0.1, 0.15) is 18.2 Å². The average Bonchev–Trinajstić information content (AvgIpc) is 3.17. The van der Waals surface area contributed by atoms with Gasteiger partial charge in [0.15, 0.2) is 11.2 Å². The Morgan fingerprint density at radius 3 is 2.78 bits per heavy atom. The Bertz CT molecular complexity index is 1030. The van der Waals surface area contributed by atoms with Gasteiger partial charge in [-0.25, -0.2) is 0 Å². The minimum absolute atomic E-state index is 0.0387. The second-order valence-corrected chi connectivity index (χ2v) is 6.42. The number of hydrogen-bond donors (Lipinski definition) is 4. The number of nitrogens with two attached hydrogens (primary N) is 1. The van der Waals surface area contributed by atoms with E-state index in [1.165, 1.54) is 4.57 Å². The molecule has 1 aliphatic heterocycles. The number of aromatic amines is 1. The first-order valence-electron chi connectivity index (χ1n) is 8.43. The number of aliphatic hydroxyl groups is 2. The van der Waals surface area contributed by atoms with Gasteiger partial charge < -0.3 is 25.4 Å². The Hall–Kier alpha value is -2.95. The maximum Gasteiger partial charge on any atom is 0.306 e. The molecule has 3 heterocycles. The van der Waals surface area contributed by atoms with Crippen LogP contribution < -0.4 is 16.0 Å². The van der Waals surface area contributed by atoms with Gasteiger partial charge in [0.1, 0.15) is 18.1 Å². The Morgan fingerprint density at radius 2 is 2.11 bits per heavy atom. The summed E-state index contributed by atoms with van der Waals surface area (Å²) in [6, 6.07) is 7.37. The molecular weight excluding hydrogens is 354 g/mol. The number of H-pyrrole nitrogens is 1. The van der Waals surface area contributed by atoms with Gasteiger partial charge in [0.05, 0.1) is 12.7 Å². The summed E-state index contributed by atoms with van der Waals surface area (Å²) in [4.78, 5) is 23.0. The molecule has 2 aromatic heterocycles. The van der Waals surface area contributed by atoms with E-state index in [1.54, 1.807) is 12.1 Å². The quantitative estimate of drug-likeness (QED) is 0.515. The number of benzene rings is 1. The fourth-order valence-electron chi connectivity index (χ4n) is 3.06. The van der Waals surface area contributed by atoms with Crippen molar-refractivity contribution < 1.29 is 19.7 Å². The van der Waals surface area contributed by atoms with Gasteiger partial charge in [-0.05, 0) is 19.1 Å². The van der Waals surface area contributed by atoms with Crippen molar-refractivity contribution in [1.82, 2.24) is 19.5 Å². The van der Waals surface area contributed by atoms with E-state index in [2.05, 4.69) is 15.0 Å². The predicted molar refractivity (Wildman–Crippen MR) is 95.4 cm³/mol. The maximum atomic E-state index is 12.2. The number of aromatic nitrogens is 4. The number of rotatable bonds is 4. The second-order valence-electron chi connectivity index (χ2n) is 6.42. The van der Waals surface area contributed by atoms with E-state index in [4.69, 9.17) is 15.2 Å². The summed E-state index contributed by atoms with van der Waals surface area (Å²) >= 11 is 0. The van der Waals surface area contributed by atoms with Crippen molar-refractivity contribution in [3.05, 3.63) is 40.2 Å². The van der Waals surface area contributed by atoms with Crippen LogP contribution in [0, 0.1) is 6.92 Å². The first-order chi connectivity index (χ1) is 13.0. The van der Waals surface area contributed by atoms with Gasteiger partial charge in [-0.2, -0.15) is 9.97 Å². The lowest BCUT2D eigenvalue weighted by Gasteiger charge is -2.16. The molecule has 1 aliphatic rings. The van der Waals surface area contributed by atoms with Crippen LogP contribution in [0.3, 0.4) is 0 Å². The number of fused-ring (bicyclic) bond motifs is 1. The molecule has 0 saturated carbocycles. The average molecular weight is 373 g/mol. The molecule has 0 radical (unpaired) electrons. The molecule has 142 valence electrons. The van der Waals surface area contributed by atoms with Crippen molar-refractivity contribution in [2.45, 2.75) is 31.8 Å². The topological polar surface area (TPSA) is 149 Å². The van der Waals surface area contributed by atoms with Crippen molar-refractivity contribution >= 4 is 17.1 Å². The van der Waals surface area contributed by atoms with E-state index in [0.29, 0.717) is 5.75 Å². The molecule has 27 heavy (non-hydrogen) atoms. The molecular formula is C17H19N5O5. The fourth-order valence-corrected chi connectivity index (χ4v) is 3.06. The molecule has 0 aliphatic carbocycles. The summed E-state index contributed by atoms with van der Waals surface area (Å²) in [7, 11) is 0. The third-order valence-corrected chi connectivity index (χ3v) is 4.44. The van der Waals surface area contributed by atoms with Gasteiger partial charge in [-0.1, -0.05) is 17.7 Å². The standard InChI is InChI=1S/C17H19N5O5/c1-8-2-4-9(5-3-8)26-17-19-13-14(20-16(18)21-15(13)25)22(17)12-6-10(24)11(7-23)27-12/h2-5,10-12,23-24H,6-7H2,1H3,(H3,18,20,21,25)/t10-,11+,12+/m0/s1. The Balaban J connectivity index is 1.83. The van der Waals surface area contributed by atoms with E-state index < -0.39 is 24.0 Å². The number of nitrogens with zero attached hydrogens (tertiary/aromatic N) is 3. The van der Waals surface area contributed by atoms with Crippen LogP contribution in [0.15, 0.2) is 29.1 Å². The lowest BCUT2D eigenvalue weighted by molar-refractivity contribution is -0.0447. The summed E-state index contributed by atoms with van der Waals surface area (Å²) in [5, 5.41) is 19.4. The number of ether oxygens (including phenoxy) is 2. The molecule has 3 aromatic rings. The van der Waals surface area contributed by atoms with Crippen LogP contribution in [-0.2, 0) is 4.74 Å². The van der Waals surface area contributed by atoms with E-state index in [9.17, 15) is 15.0 Å². The van der Waals surface area contributed by atoms with Gasteiger partial charge >= 0.3 is 6.01 Å². The van der Waals surface area contributed by atoms with Crippen LogP contribution in [0.5, 0.6) is 11.8 Å². The Kier molecular flexibility index (Phi) is 4.30. The number of anilines is 1. The zero-order valence-electron chi connectivity index (χ0n) is 14.5. The van der Waals surface area contributed by atoms with Crippen molar-refractivity contribution in [3.63, 3.8) is 0 Å². The molecule has 1 saturated heterocycles. The molecule has 4 rings (SSSR count). The molecule has 0 bridgehead atoms. The highest BCUT2D eigenvalue weighted by molar-refractivity contribution is 5.72. The zero-order valence-corrected chi connectivity index (χ0v) is 14.5. The minimum Gasteiger partial charge on any atom is -0.425 e. The highest BCUT2D eigenvalue weighted by Crippen LogP contribution is 2.35. The van der Waals surface area contributed by atoms with Crippen LogP contribution in [0.2, 0.25) is 0 Å². The molecule has 10 nitrogen and oxygen atoms in total. The van der Waals surface area contributed by atoms with Crippen molar-refractivity contribution in [2.24, 2.45) is 0 Å². The molecule has 5 N–H and O–H groups in total. The molecule has 0 amide bonds. The number of hydrogen-bond acceptors (Lipinski definition) is 8. The van der Waals surface area contributed by atoms with E-state index in [1.807, 2.05) is 19.1 Å². The van der Waals surface area contributed by atoms with Crippen molar-refractivity contribution in [3.8, 4) is 11.8 Å². The highest BCUT2D eigenvalue weighted by Gasteiger charge is 2.37. The van der Waals surface area contributed by atoms with Gasteiger partial charge in [-0.15, -0.1) is 0 Å². The molecule has 3 atom stereocenters. The predicted octanol–water partition coefficient (Wildman–Crippen LogP) is 0.443. The molecule has 0 unspecified atom stereocenters. The van der Waals surface area contributed by atoms with Gasteiger partial charge in [-0.3, -0.25) is 14.3 Å². The minimum atomic E-state index is -0.871. The summed E-state index contributed by atoms with van der Waals surface area (Å²) in [6.45, 7) is 1.61. The van der Waals surface area contributed by atoms with Gasteiger partial charge in [0, 0.05) is 6.42 Å². The van der Waals surface area contributed by atoms with Gasteiger partial charge in [0.25, 0.3) is 5.56 Å². The first kappa shape index (κ1) is 17.5. The summed E-state index contributed by atoms with van der Waals surface area (Å²) in [6.07, 6.45) is -2.17. The Morgan fingerprint density at radius 1 is 1.37 bits per heavy atom. The lowest BCUT2D eigenvalue weighted by atomic mass is 10.2. The van der Waals surface area contributed by atoms with Crippen molar-refractivity contribution in [1.29, 1.82) is 0 Å². The number of aliphatic hydroxyl groups excluding tert-OH is 2. The highest BCUT2D eigenvalue weighted by atomic mass is 16.6. The summed E-state index contributed by atoms with van der Waals surface area (Å²) in [5.41, 5.74) is 6.44. The van der Waals surface area contributed by atoms with Crippen molar-refractivity contribution in [2.75, 3.05) is 12.3 Å². The zero-order chi connectivity index (χ0) is 19.1. The van der Waals surface area contributed by atoms with Crippen LogP contribution in [0.4, 0.5) is 5.95 Å². The first-order valence-corrected chi connectivity index (χ1v) is 8.43. The lowest BCUT2D eigenvalue weighted by Crippen LogP contribution is -2.24. The smallest absolute Gasteiger partial charge is 0.306 e. The largest absolute Gasteiger partial charge is 0.425 e.